The van der Waals surface area contributed by atoms with Crippen LogP contribution in [0, 0.1) is 5.82 Å². The van der Waals surface area contributed by atoms with E-state index in [1.807, 2.05) is 35.2 Å². The second kappa shape index (κ2) is 8.61. The Balaban J connectivity index is 1.31. The summed E-state index contributed by atoms with van der Waals surface area (Å²) in [6, 6.07) is 13.6. The molecule has 2 heterocycles. The third kappa shape index (κ3) is 4.17. The van der Waals surface area contributed by atoms with E-state index in [9.17, 15) is 14.0 Å². The number of methoxy groups -OCH3 is 1. The minimum atomic E-state index is -0.252. The number of anilines is 2. The van der Waals surface area contributed by atoms with Crippen molar-refractivity contribution in [2.75, 3.05) is 49.6 Å². The van der Waals surface area contributed by atoms with Crippen LogP contribution in [0.1, 0.15) is 6.42 Å². The molecule has 0 radical (unpaired) electrons. The predicted octanol–water partition coefficient (Wildman–Crippen LogP) is 2.47. The summed E-state index contributed by atoms with van der Waals surface area (Å²) in [5, 5.41) is 2.97. The van der Waals surface area contributed by atoms with E-state index in [0.717, 1.165) is 5.69 Å². The maximum absolute atomic E-state index is 14.0. The Morgan fingerprint density at radius 3 is 2.60 bits per heavy atom. The van der Waals surface area contributed by atoms with Crippen LogP contribution in [0.25, 0.3) is 0 Å². The highest BCUT2D eigenvalue weighted by Gasteiger charge is 2.33. The highest BCUT2D eigenvalue weighted by molar-refractivity contribution is 5.97. The number of hydrogen-bond acceptors (Lipinski definition) is 4. The number of piperazine rings is 1. The Labute approximate surface area is 175 Å². The molecule has 1 atom stereocenters. The number of benzene rings is 2. The van der Waals surface area contributed by atoms with Crippen LogP contribution < -0.4 is 19.9 Å². The Bertz CT molecular complexity index is 930. The van der Waals surface area contributed by atoms with Crippen molar-refractivity contribution in [3.05, 3.63) is 54.3 Å². The average molecular weight is 412 g/mol. The van der Waals surface area contributed by atoms with Crippen LogP contribution in [0.5, 0.6) is 5.75 Å². The molecule has 0 saturated carbocycles. The number of ether oxygens (including phenoxy) is 1. The van der Waals surface area contributed by atoms with Crippen LogP contribution in [0.3, 0.4) is 0 Å². The van der Waals surface area contributed by atoms with E-state index < -0.39 is 0 Å². The van der Waals surface area contributed by atoms with Gasteiger partial charge in [0.15, 0.2) is 0 Å². The smallest absolute Gasteiger partial charge is 0.317 e. The molecule has 4 rings (SSSR count). The maximum atomic E-state index is 14.0. The van der Waals surface area contributed by atoms with E-state index >= 15 is 0 Å². The van der Waals surface area contributed by atoms with Crippen molar-refractivity contribution in [1.82, 2.24) is 10.2 Å². The molecule has 0 aromatic heterocycles. The summed E-state index contributed by atoms with van der Waals surface area (Å²) in [5.74, 6) is 0.399. The molecule has 2 aromatic carbocycles. The van der Waals surface area contributed by atoms with Crippen molar-refractivity contribution in [1.29, 1.82) is 0 Å². The van der Waals surface area contributed by atoms with Crippen molar-refractivity contribution < 1.29 is 18.7 Å². The first-order valence-electron chi connectivity index (χ1n) is 10.0. The summed E-state index contributed by atoms with van der Waals surface area (Å²) in [6.07, 6.45) is 0.262. The van der Waals surface area contributed by atoms with E-state index in [-0.39, 0.29) is 30.2 Å². The monoisotopic (exact) mass is 412 g/mol. The van der Waals surface area contributed by atoms with Gasteiger partial charge in [0.25, 0.3) is 0 Å². The maximum Gasteiger partial charge on any atom is 0.317 e. The number of rotatable bonds is 4. The minimum absolute atomic E-state index is 0.0297. The van der Waals surface area contributed by atoms with Gasteiger partial charge in [0, 0.05) is 50.9 Å². The van der Waals surface area contributed by atoms with Crippen LogP contribution >= 0.6 is 0 Å². The Morgan fingerprint density at radius 2 is 1.87 bits per heavy atom. The van der Waals surface area contributed by atoms with Gasteiger partial charge in [-0.05, 0) is 24.3 Å². The highest BCUT2D eigenvalue weighted by Crippen LogP contribution is 2.26. The standard InChI is InChI=1S/C22H25FN4O3/c1-30-18-6-4-5-17(14-18)27-15-16(13-21(27)28)24-22(29)26-11-9-25(10-12-26)20-8-3-2-7-19(20)23/h2-8,14,16H,9-13,15H2,1H3,(H,24,29). The molecule has 0 aliphatic carbocycles. The fraction of sp³-hybridized carbons (Fsp3) is 0.364. The normalized spacial score (nSPS) is 19.2. The number of nitrogens with zero attached hydrogens (tertiary/aromatic N) is 3. The van der Waals surface area contributed by atoms with Gasteiger partial charge in [0.05, 0.1) is 18.8 Å². The lowest BCUT2D eigenvalue weighted by Crippen LogP contribution is -2.54. The van der Waals surface area contributed by atoms with Crippen LogP contribution in [0.4, 0.5) is 20.6 Å². The number of halogens is 1. The van der Waals surface area contributed by atoms with Crippen LogP contribution in [-0.2, 0) is 4.79 Å². The molecule has 0 spiro atoms. The van der Waals surface area contributed by atoms with Crippen molar-refractivity contribution >= 4 is 23.3 Å². The van der Waals surface area contributed by atoms with Gasteiger partial charge in [-0.25, -0.2) is 9.18 Å². The molecule has 2 saturated heterocycles. The first-order chi connectivity index (χ1) is 14.5. The average Bonchev–Trinajstić information content (AvgIpc) is 3.14. The second-order valence-electron chi connectivity index (χ2n) is 7.48. The van der Waals surface area contributed by atoms with Gasteiger partial charge in [0.1, 0.15) is 11.6 Å². The van der Waals surface area contributed by atoms with Gasteiger partial charge in [-0.15, -0.1) is 0 Å². The molecule has 1 unspecified atom stereocenters. The van der Waals surface area contributed by atoms with Gasteiger partial charge in [0.2, 0.25) is 5.91 Å². The SMILES string of the molecule is COc1cccc(N2CC(NC(=O)N3CCN(c4ccccc4F)CC3)CC2=O)c1. The third-order valence-electron chi connectivity index (χ3n) is 5.58. The Kier molecular flexibility index (Phi) is 5.74. The van der Waals surface area contributed by atoms with E-state index in [2.05, 4.69) is 5.32 Å². The van der Waals surface area contributed by atoms with E-state index in [1.54, 1.807) is 29.0 Å². The largest absolute Gasteiger partial charge is 0.497 e. The number of nitrogens with one attached hydrogen (secondary N) is 1. The number of hydrogen-bond donors (Lipinski definition) is 1. The summed E-state index contributed by atoms with van der Waals surface area (Å²) in [5.41, 5.74) is 1.32. The number of carbonyl (C=O) groups excluding carboxylic acids is 2. The van der Waals surface area contributed by atoms with Crippen LogP contribution in [0.15, 0.2) is 48.5 Å². The molecule has 2 fully saturated rings. The minimum Gasteiger partial charge on any atom is -0.497 e. The van der Waals surface area contributed by atoms with Crippen molar-refractivity contribution in [3.63, 3.8) is 0 Å². The number of carbonyl (C=O) groups is 2. The fourth-order valence-corrected chi connectivity index (χ4v) is 3.96. The van der Waals surface area contributed by atoms with Gasteiger partial charge in [-0.1, -0.05) is 18.2 Å². The molecule has 30 heavy (non-hydrogen) atoms. The number of para-hydroxylation sites is 1. The zero-order chi connectivity index (χ0) is 21.1. The topological polar surface area (TPSA) is 65.1 Å². The summed E-state index contributed by atoms with van der Waals surface area (Å²) in [7, 11) is 1.58. The molecule has 158 valence electrons. The first-order valence-corrected chi connectivity index (χ1v) is 10.0. The summed E-state index contributed by atoms with van der Waals surface area (Å²) >= 11 is 0. The third-order valence-corrected chi connectivity index (χ3v) is 5.58. The number of amides is 3. The van der Waals surface area contributed by atoms with E-state index in [4.69, 9.17) is 4.74 Å². The zero-order valence-corrected chi connectivity index (χ0v) is 16.9. The quantitative estimate of drug-likeness (QED) is 0.838. The first kappa shape index (κ1) is 20.0. The lowest BCUT2D eigenvalue weighted by atomic mass is 10.2. The molecule has 8 heteroatoms. The van der Waals surface area contributed by atoms with Crippen molar-refractivity contribution in [2.45, 2.75) is 12.5 Å². The van der Waals surface area contributed by atoms with Gasteiger partial charge < -0.3 is 24.8 Å². The summed E-state index contributed by atoms with van der Waals surface area (Å²) in [4.78, 5) is 30.5. The number of urea groups is 1. The molecule has 0 bridgehead atoms. The Morgan fingerprint density at radius 1 is 1.10 bits per heavy atom. The molecule has 1 N–H and O–H groups in total. The molecule has 3 amide bonds. The van der Waals surface area contributed by atoms with E-state index in [1.165, 1.54) is 6.07 Å². The van der Waals surface area contributed by atoms with Gasteiger partial charge >= 0.3 is 6.03 Å². The zero-order valence-electron chi connectivity index (χ0n) is 16.9. The van der Waals surface area contributed by atoms with Crippen molar-refractivity contribution in [2.24, 2.45) is 0 Å². The lowest BCUT2D eigenvalue weighted by Gasteiger charge is -2.36. The lowest BCUT2D eigenvalue weighted by molar-refractivity contribution is -0.117. The van der Waals surface area contributed by atoms with Crippen LogP contribution in [0.2, 0.25) is 0 Å². The highest BCUT2D eigenvalue weighted by atomic mass is 19.1. The Hall–Kier alpha value is -3.29. The van der Waals surface area contributed by atoms with Gasteiger partial charge in [-0.2, -0.15) is 0 Å². The molecular weight excluding hydrogens is 387 g/mol. The van der Waals surface area contributed by atoms with E-state index in [0.29, 0.717) is 44.2 Å². The van der Waals surface area contributed by atoms with Crippen molar-refractivity contribution in [3.8, 4) is 5.75 Å². The second-order valence-corrected chi connectivity index (χ2v) is 7.48. The van der Waals surface area contributed by atoms with Crippen LogP contribution in [-0.4, -0.2) is 62.7 Å². The van der Waals surface area contributed by atoms with Gasteiger partial charge in [-0.3, -0.25) is 4.79 Å². The fourth-order valence-electron chi connectivity index (χ4n) is 3.96. The molecule has 2 aliphatic heterocycles. The molecule has 2 aliphatic rings. The summed E-state index contributed by atoms with van der Waals surface area (Å²) in [6.45, 7) is 2.55. The molecular formula is C22H25FN4O3. The molecule has 7 nitrogen and oxygen atoms in total. The predicted molar refractivity (Wildman–Crippen MR) is 112 cm³/mol. The summed E-state index contributed by atoms with van der Waals surface area (Å²) < 4.78 is 19.2. The molecule has 2 aromatic rings.